The summed E-state index contributed by atoms with van der Waals surface area (Å²) < 4.78 is 5.37. The van der Waals surface area contributed by atoms with Gasteiger partial charge in [0, 0.05) is 12.6 Å². The van der Waals surface area contributed by atoms with Gasteiger partial charge in [0.15, 0.2) is 11.5 Å². The van der Waals surface area contributed by atoms with Crippen LogP contribution in [0.1, 0.15) is 16.2 Å². The highest BCUT2D eigenvalue weighted by Gasteiger charge is 2.11. The molecule has 3 rings (SSSR count). The normalized spacial score (nSPS) is 10.7. The molecule has 20 heavy (non-hydrogen) atoms. The second kappa shape index (κ2) is 4.70. The lowest BCUT2D eigenvalue weighted by atomic mass is 10.2. The lowest BCUT2D eigenvalue weighted by molar-refractivity contribution is 0.102. The number of fused-ring (bicyclic) bond motifs is 1. The van der Waals surface area contributed by atoms with E-state index in [0.717, 1.165) is 0 Å². The van der Waals surface area contributed by atoms with Crippen LogP contribution >= 0.6 is 0 Å². The Hall–Kier alpha value is -2.82. The number of carbonyl (C=O) groups excluding carboxylic acids is 1. The lowest BCUT2D eigenvalue weighted by Crippen LogP contribution is -2.11. The van der Waals surface area contributed by atoms with Gasteiger partial charge in [-0.15, -0.1) is 0 Å². The number of benzene rings is 2. The van der Waals surface area contributed by atoms with Gasteiger partial charge in [-0.2, -0.15) is 0 Å². The van der Waals surface area contributed by atoms with Gasteiger partial charge in [0.25, 0.3) is 5.91 Å². The van der Waals surface area contributed by atoms with Crippen molar-refractivity contribution in [2.45, 2.75) is 6.92 Å². The van der Waals surface area contributed by atoms with E-state index in [2.05, 4.69) is 10.3 Å². The summed E-state index contributed by atoms with van der Waals surface area (Å²) in [6.45, 7) is 1.76. The van der Waals surface area contributed by atoms with Crippen LogP contribution in [-0.2, 0) is 0 Å². The Bertz CT molecular complexity index is 793. The Balaban J connectivity index is 1.89. The van der Waals surface area contributed by atoms with Crippen molar-refractivity contribution in [3.05, 3.63) is 53.9 Å². The molecule has 3 aromatic rings. The second-order valence-corrected chi connectivity index (χ2v) is 4.39. The Morgan fingerprint density at radius 3 is 2.85 bits per heavy atom. The van der Waals surface area contributed by atoms with Crippen molar-refractivity contribution in [1.29, 1.82) is 0 Å². The Labute approximate surface area is 114 Å². The molecule has 5 heteroatoms. The van der Waals surface area contributed by atoms with Crippen LogP contribution in [0, 0.1) is 6.92 Å². The van der Waals surface area contributed by atoms with E-state index in [-0.39, 0.29) is 17.2 Å². The summed E-state index contributed by atoms with van der Waals surface area (Å²) in [4.78, 5) is 16.3. The van der Waals surface area contributed by atoms with Crippen LogP contribution in [0.3, 0.4) is 0 Å². The maximum absolute atomic E-state index is 12.1. The number of hydrogen-bond donors (Lipinski definition) is 2. The molecule has 0 saturated carbocycles. The number of nitrogens with one attached hydrogen (secondary N) is 1. The number of aryl methyl sites for hydroxylation is 1. The van der Waals surface area contributed by atoms with Gasteiger partial charge in [-0.1, -0.05) is 12.1 Å². The average molecular weight is 268 g/mol. The minimum absolute atomic E-state index is 0.0524. The molecule has 0 aliphatic rings. The van der Waals surface area contributed by atoms with E-state index in [9.17, 15) is 9.90 Å². The Morgan fingerprint density at radius 2 is 2.05 bits per heavy atom. The summed E-state index contributed by atoms with van der Waals surface area (Å²) in [5, 5.41) is 12.4. The van der Waals surface area contributed by atoms with Gasteiger partial charge in [0.1, 0.15) is 11.3 Å². The zero-order chi connectivity index (χ0) is 14.1. The first-order chi connectivity index (χ1) is 9.63. The molecule has 1 heterocycles. The summed E-state index contributed by atoms with van der Waals surface area (Å²) in [5.74, 6) is 0.148. The molecule has 2 N–H and O–H groups in total. The van der Waals surface area contributed by atoms with Crippen LogP contribution in [0.4, 0.5) is 5.69 Å². The number of nitrogens with zero attached hydrogens (tertiary/aromatic N) is 1. The van der Waals surface area contributed by atoms with Gasteiger partial charge in [0.2, 0.25) is 0 Å². The molecule has 100 valence electrons. The fourth-order valence-electron chi connectivity index (χ4n) is 1.98. The molecular formula is C15H12N2O3. The average Bonchev–Trinajstić information content (AvgIpc) is 2.78. The van der Waals surface area contributed by atoms with Gasteiger partial charge in [-0.3, -0.25) is 4.79 Å². The topological polar surface area (TPSA) is 75.4 Å². The van der Waals surface area contributed by atoms with Gasteiger partial charge in [-0.05, 0) is 30.3 Å². The molecule has 0 fully saturated rings. The number of aromatic hydroxyl groups is 1. The van der Waals surface area contributed by atoms with E-state index < -0.39 is 0 Å². The Morgan fingerprint density at radius 1 is 1.25 bits per heavy atom. The number of amides is 1. The molecule has 0 bridgehead atoms. The minimum Gasteiger partial charge on any atom is -0.507 e. The summed E-state index contributed by atoms with van der Waals surface area (Å²) >= 11 is 0. The number of rotatable bonds is 2. The number of anilines is 1. The first-order valence-electron chi connectivity index (χ1n) is 6.10. The zero-order valence-electron chi connectivity index (χ0n) is 10.8. The van der Waals surface area contributed by atoms with E-state index in [4.69, 9.17) is 4.42 Å². The number of phenols is 1. The van der Waals surface area contributed by atoms with E-state index in [1.54, 1.807) is 43.3 Å². The number of para-hydroxylation sites is 1. The molecule has 0 aliphatic heterocycles. The van der Waals surface area contributed by atoms with Crippen molar-refractivity contribution >= 4 is 22.7 Å². The third-order valence-electron chi connectivity index (χ3n) is 2.90. The molecule has 1 amide bonds. The third kappa shape index (κ3) is 2.21. The molecule has 0 saturated heterocycles. The van der Waals surface area contributed by atoms with E-state index in [1.807, 2.05) is 0 Å². The largest absolute Gasteiger partial charge is 0.507 e. The van der Waals surface area contributed by atoms with Crippen LogP contribution in [0.5, 0.6) is 5.75 Å². The second-order valence-electron chi connectivity index (χ2n) is 4.39. The van der Waals surface area contributed by atoms with Crippen LogP contribution in [-0.4, -0.2) is 16.0 Å². The first kappa shape index (κ1) is 12.2. The summed E-state index contributed by atoms with van der Waals surface area (Å²) in [5.41, 5.74) is 2.17. The van der Waals surface area contributed by atoms with Gasteiger partial charge >= 0.3 is 0 Å². The predicted molar refractivity (Wildman–Crippen MR) is 74.8 cm³/mol. The molecule has 0 radical (unpaired) electrons. The standard InChI is InChI=1S/C15H12N2O3/c1-9-16-12-8-10(6-7-14(12)20-9)17-15(19)11-4-2-3-5-13(11)18/h2-8,18H,1H3,(H,17,19). The number of carbonyl (C=O) groups is 1. The van der Waals surface area contributed by atoms with Gasteiger partial charge < -0.3 is 14.8 Å². The molecule has 0 atom stereocenters. The molecule has 2 aromatic carbocycles. The molecular weight excluding hydrogens is 256 g/mol. The fourth-order valence-corrected chi connectivity index (χ4v) is 1.98. The number of oxazole rings is 1. The number of hydrogen-bond acceptors (Lipinski definition) is 4. The van der Waals surface area contributed by atoms with Crippen LogP contribution in [0.2, 0.25) is 0 Å². The predicted octanol–water partition coefficient (Wildman–Crippen LogP) is 3.09. The first-order valence-corrected chi connectivity index (χ1v) is 6.10. The van der Waals surface area contributed by atoms with E-state index in [1.165, 1.54) is 6.07 Å². The highest BCUT2D eigenvalue weighted by Crippen LogP contribution is 2.22. The summed E-state index contributed by atoms with van der Waals surface area (Å²) in [7, 11) is 0. The third-order valence-corrected chi connectivity index (χ3v) is 2.90. The monoisotopic (exact) mass is 268 g/mol. The SMILES string of the molecule is Cc1nc2cc(NC(=O)c3ccccc3O)ccc2o1. The fraction of sp³-hybridized carbons (Fsp3) is 0.0667. The number of phenolic OH excluding ortho intramolecular Hbond substituents is 1. The smallest absolute Gasteiger partial charge is 0.259 e. The van der Waals surface area contributed by atoms with Gasteiger partial charge in [-0.25, -0.2) is 4.98 Å². The van der Waals surface area contributed by atoms with Crippen LogP contribution < -0.4 is 5.32 Å². The quantitative estimate of drug-likeness (QED) is 0.748. The Kier molecular flexibility index (Phi) is 2.87. The molecule has 0 aliphatic carbocycles. The highest BCUT2D eigenvalue weighted by atomic mass is 16.3. The van der Waals surface area contributed by atoms with Crippen LogP contribution in [0.25, 0.3) is 11.1 Å². The molecule has 0 unspecified atom stereocenters. The van der Waals surface area contributed by atoms with Crippen molar-refractivity contribution in [1.82, 2.24) is 4.98 Å². The van der Waals surface area contributed by atoms with Crippen molar-refractivity contribution < 1.29 is 14.3 Å². The lowest BCUT2D eigenvalue weighted by Gasteiger charge is -2.06. The molecule has 1 aromatic heterocycles. The van der Waals surface area contributed by atoms with Gasteiger partial charge in [0.05, 0.1) is 5.56 Å². The summed E-state index contributed by atoms with van der Waals surface area (Å²) in [6, 6.07) is 11.6. The summed E-state index contributed by atoms with van der Waals surface area (Å²) in [6.07, 6.45) is 0. The van der Waals surface area contributed by atoms with Crippen molar-refractivity contribution in [2.75, 3.05) is 5.32 Å². The maximum atomic E-state index is 12.1. The number of aromatic nitrogens is 1. The van der Waals surface area contributed by atoms with Crippen LogP contribution in [0.15, 0.2) is 46.9 Å². The van der Waals surface area contributed by atoms with Crippen molar-refractivity contribution in [3.63, 3.8) is 0 Å². The highest BCUT2D eigenvalue weighted by molar-refractivity contribution is 6.06. The molecule has 5 nitrogen and oxygen atoms in total. The van der Waals surface area contributed by atoms with E-state index in [0.29, 0.717) is 22.7 Å². The maximum Gasteiger partial charge on any atom is 0.259 e. The van der Waals surface area contributed by atoms with Crippen molar-refractivity contribution in [3.8, 4) is 5.75 Å². The molecule has 0 spiro atoms. The van der Waals surface area contributed by atoms with E-state index >= 15 is 0 Å². The minimum atomic E-state index is -0.373. The zero-order valence-corrected chi connectivity index (χ0v) is 10.8. The van der Waals surface area contributed by atoms with Crippen molar-refractivity contribution in [2.24, 2.45) is 0 Å².